The summed E-state index contributed by atoms with van der Waals surface area (Å²) >= 11 is 0. The van der Waals surface area contributed by atoms with E-state index in [0.717, 1.165) is 5.56 Å². The van der Waals surface area contributed by atoms with E-state index >= 15 is 0 Å². The number of sulfonamides is 1. The second kappa shape index (κ2) is 10.3. The second-order valence-corrected chi connectivity index (χ2v) is 7.26. The van der Waals surface area contributed by atoms with Crippen LogP contribution in [0.1, 0.15) is 12.0 Å². The van der Waals surface area contributed by atoms with Gasteiger partial charge in [-0.3, -0.25) is 9.59 Å². The van der Waals surface area contributed by atoms with E-state index in [-0.39, 0.29) is 17.9 Å². The Morgan fingerprint density at radius 3 is 2.39 bits per heavy atom. The number of rotatable bonds is 10. The molecule has 10 nitrogen and oxygen atoms in total. The predicted octanol–water partition coefficient (Wildman–Crippen LogP) is -0.172. The number of aromatic nitrogens is 2. The molecule has 1 aromatic heterocycles. The molecule has 150 valence electrons. The molecule has 28 heavy (non-hydrogen) atoms. The van der Waals surface area contributed by atoms with Gasteiger partial charge in [-0.2, -0.15) is 0 Å². The van der Waals surface area contributed by atoms with E-state index in [1.54, 1.807) is 30.6 Å². The van der Waals surface area contributed by atoms with Gasteiger partial charge in [0.05, 0.1) is 11.3 Å². The fraction of sp³-hybridized carbons (Fsp3) is 0.294. The van der Waals surface area contributed by atoms with Crippen LogP contribution in [0.5, 0.6) is 0 Å². The number of primary sulfonamides is 1. The van der Waals surface area contributed by atoms with Gasteiger partial charge in [-0.05, 0) is 30.2 Å². The molecule has 1 heterocycles. The third-order valence-corrected chi connectivity index (χ3v) is 4.46. The second-order valence-electron chi connectivity index (χ2n) is 5.70. The summed E-state index contributed by atoms with van der Waals surface area (Å²) in [7, 11) is -3.72. The van der Waals surface area contributed by atoms with Crippen LogP contribution in [-0.2, 0) is 30.8 Å². The molecule has 2 rings (SSSR count). The van der Waals surface area contributed by atoms with E-state index in [9.17, 15) is 18.0 Å². The summed E-state index contributed by atoms with van der Waals surface area (Å²) in [5.41, 5.74) is 0.832. The number of anilines is 1. The van der Waals surface area contributed by atoms with Crippen molar-refractivity contribution >= 4 is 27.8 Å². The Morgan fingerprint density at radius 1 is 1.07 bits per heavy atom. The van der Waals surface area contributed by atoms with Gasteiger partial charge >= 0.3 is 5.97 Å². The molecular weight excluding hydrogens is 386 g/mol. The minimum atomic E-state index is -3.72. The third-order valence-electron chi connectivity index (χ3n) is 3.53. The van der Waals surface area contributed by atoms with Crippen LogP contribution in [0.2, 0.25) is 0 Å². The first-order valence-electron chi connectivity index (χ1n) is 8.39. The highest BCUT2D eigenvalue weighted by Crippen LogP contribution is 2.08. The normalized spacial score (nSPS) is 10.9. The van der Waals surface area contributed by atoms with Crippen LogP contribution in [0.15, 0.2) is 47.6 Å². The van der Waals surface area contributed by atoms with E-state index < -0.39 is 21.9 Å². The van der Waals surface area contributed by atoms with Gasteiger partial charge in [-0.25, -0.2) is 23.5 Å². The van der Waals surface area contributed by atoms with Crippen molar-refractivity contribution in [2.75, 3.05) is 25.0 Å². The van der Waals surface area contributed by atoms with Gasteiger partial charge in [0.1, 0.15) is 0 Å². The first-order chi connectivity index (χ1) is 13.3. The first kappa shape index (κ1) is 21.3. The van der Waals surface area contributed by atoms with Crippen LogP contribution in [0.3, 0.4) is 0 Å². The van der Waals surface area contributed by atoms with Crippen molar-refractivity contribution in [3.63, 3.8) is 0 Å². The Balaban J connectivity index is 1.60. The minimum Gasteiger partial charge on any atom is -0.456 e. The number of amides is 1. The van der Waals surface area contributed by atoms with Crippen LogP contribution in [-0.4, -0.2) is 50.0 Å². The molecule has 4 N–H and O–H groups in total. The highest BCUT2D eigenvalue weighted by atomic mass is 32.2. The van der Waals surface area contributed by atoms with E-state index in [0.29, 0.717) is 25.5 Å². The zero-order chi connectivity index (χ0) is 20.4. The average molecular weight is 407 g/mol. The summed E-state index contributed by atoms with van der Waals surface area (Å²) in [6.07, 6.45) is 3.71. The maximum absolute atomic E-state index is 11.7. The van der Waals surface area contributed by atoms with E-state index in [4.69, 9.17) is 9.88 Å². The van der Waals surface area contributed by atoms with Gasteiger partial charge in [0.15, 0.2) is 6.61 Å². The Bertz CT molecular complexity index is 888. The zero-order valence-electron chi connectivity index (χ0n) is 15.0. The van der Waals surface area contributed by atoms with E-state index in [1.807, 2.05) is 0 Å². The van der Waals surface area contributed by atoms with Crippen molar-refractivity contribution in [1.29, 1.82) is 0 Å². The number of ether oxygens (including phenoxy) is 1. The number of nitrogens with one attached hydrogen (secondary N) is 2. The number of hydrogen-bond acceptors (Lipinski definition) is 8. The SMILES string of the molecule is NS(=O)(=O)c1ccc(CCNC(=O)COC(=O)CCNc2ncccn2)cc1. The van der Waals surface area contributed by atoms with Crippen molar-refractivity contribution in [2.24, 2.45) is 5.14 Å². The van der Waals surface area contributed by atoms with Gasteiger partial charge < -0.3 is 15.4 Å². The van der Waals surface area contributed by atoms with Crippen molar-refractivity contribution in [3.8, 4) is 0 Å². The maximum atomic E-state index is 11.7. The lowest BCUT2D eigenvalue weighted by atomic mass is 10.1. The molecule has 0 radical (unpaired) electrons. The summed E-state index contributed by atoms with van der Waals surface area (Å²) in [4.78, 5) is 31.2. The summed E-state index contributed by atoms with van der Waals surface area (Å²) < 4.78 is 27.2. The van der Waals surface area contributed by atoms with Crippen molar-refractivity contribution in [2.45, 2.75) is 17.7 Å². The van der Waals surface area contributed by atoms with Crippen molar-refractivity contribution < 1.29 is 22.7 Å². The van der Waals surface area contributed by atoms with Crippen LogP contribution in [0.4, 0.5) is 5.95 Å². The highest BCUT2D eigenvalue weighted by molar-refractivity contribution is 7.89. The monoisotopic (exact) mass is 407 g/mol. The molecule has 1 amide bonds. The molecule has 0 atom stereocenters. The third kappa shape index (κ3) is 7.68. The van der Waals surface area contributed by atoms with Crippen LogP contribution in [0, 0.1) is 0 Å². The van der Waals surface area contributed by atoms with E-state index in [2.05, 4.69) is 20.6 Å². The number of carbonyl (C=O) groups excluding carboxylic acids is 2. The van der Waals surface area contributed by atoms with Gasteiger partial charge in [-0.15, -0.1) is 0 Å². The number of nitrogens with two attached hydrogens (primary N) is 1. The van der Waals surface area contributed by atoms with E-state index in [1.165, 1.54) is 12.1 Å². The maximum Gasteiger partial charge on any atom is 0.308 e. The smallest absolute Gasteiger partial charge is 0.308 e. The predicted molar refractivity (Wildman–Crippen MR) is 101 cm³/mol. The van der Waals surface area contributed by atoms with Crippen molar-refractivity contribution in [3.05, 3.63) is 48.3 Å². The Kier molecular flexibility index (Phi) is 7.84. The molecule has 0 saturated heterocycles. The van der Waals surface area contributed by atoms with Crippen molar-refractivity contribution in [1.82, 2.24) is 15.3 Å². The number of benzene rings is 1. The first-order valence-corrected chi connectivity index (χ1v) is 9.94. The van der Waals surface area contributed by atoms with Gasteiger partial charge in [-0.1, -0.05) is 12.1 Å². The lowest BCUT2D eigenvalue weighted by molar-refractivity contribution is -0.148. The minimum absolute atomic E-state index is 0.0283. The molecule has 0 spiro atoms. The number of carbonyl (C=O) groups is 2. The molecule has 0 bridgehead atoms. The lowest BCUT2D eigenvalue weighted by Crippen LogP contribution is -2.30. The Hall–Kier alpha value is -3.05. The molecule has 0 unspecified atom stereocenters. The fourth-order valence-electron chi connectivity index (χ4n) is 2.13. The topological polar surface area (TPSA) is 153 Å². The summed E-state index contributed by atoms with van der Waals surface area (Å²) in [5, 5.41) is 10.5. The van der Waals surface area contributed by atoms with Crippen LogP contribution in [0.25, 0.3) is 0 Å². The molecule has 0 fully saturated rings. The highest BCUT2D eigenvalue weighted by Gasteiger charge is 2.09. The summed E-state index contributed by atoms with van der Waals surface area (Å²) in [5.74, 6) is -0.531. The zero-order valence-corrected chi connectivity index (χ0v) is 15.8. The molecule has 1 aromatic carbocycles. The Labute approximate surface area is 162 Å². The molecule has 0 saturated carbocycles. The summed E-state index contributed by atoms with van der Waals surface area (Å²) in [6, 6.07) is 7.73. The molecule has 2 aromatic rings. The lowest BCUT2D eigenvalue weighted by Gasteiger charge is -2.08. The van der Waals surface area contributed by atoms with Crippen LogP contribution >= 0.6 is 0 Å². The largest absolute Gasteiger partial charge is 0.456 e. The fourth-order valence-corrected chi connectivity index (χ4v) is 2.64. The Morgan fingerprint density at radius 2 is 1.75 bits per heavy atom. The number of esters is 1. The van der Waals surface area contributed by atoms with Gasteiger partial charge in [0, 0.05) is 25.5 Å². The molecule has 0 aliphatic rings. The number of hydrogen-bond donors (Lipinski definition) is 3. The quantitative estimate of drug-likeness (QED) is 0.459. The van der Waals surface area contributed by atoms with Gasteiger partial charge in [0.2, 0.25) is 16.0 Å². The molecular formula is C17H21N5O5S. The molecule has 0 aliphatic heterocycles. The number of nitrogens with zero attached hydrogens (tertiary/aromatic N) is 2. The van der Waals surface area contributed by atoms with Crippen LogP contribution < -0.4 is 15.8 Å². The van der Waals surface area contributed by atoms with Gasteiger partial charge in [0.25, 0.3) is 5.91 Å². The molecule has 0 aliphatic carbocycles. The molecule has 11 heteroatoms. The average Bonchev–Trinajstić information content (AvgIpc) is 2.67. The summed E-state index contributed by atoms with van der Waals surface area (Å²) in [6.45, 7) is 0.238. The standard InChI is InChI=1S/C17H21N5O5S/c18-28(25,26)14-4-2-13(3-5-14)6-10-19-15(23)12-27-16(24)7-11-22-17-20-8-1-9-21-17/h1-5,8-9H,6-7,10-12H2,(H,19,23)(H2,18,25,26)(H,20,21,22).